The molecule has 134 valence electrons. The van der Waals surface area contributed by atoms with Crippen molar-refractivity contribution in [3.8, 4) is 0 Å². The maximum Gasteiger partial charge on any atom is 0.279 e. The number of benzene rings is 1. The first-order valence-corrected chi connectivity index (χ1v) is 8.18. The number of fused-ring (bicyclic) bond motifs is 1. The number of carbonyl (C=O) groups excluding carboxylic acids is 2. The standard InChI is InChI=1S/C18H15N7O2/c26-16(20-9-11-5-3-4-8-19-11)14-15(22-10-21-14)17(27)25-18-23-12-6-1-2-7-13(12)24-18/h1-8,10H,9H2,(H,20,26)(H,21,22)(H2,23,24,25,27). The fourth-order valence-electron chi connectivity index (χ4n) is 2.58. The van der Waals surface area contributed by atoms with Crippen LogP contribution in [-0.4, -0.2) is 36.7 Å². The van der Waals surface area contributed by atoms with Crippen LogP contribution in [-0.2, 0) is 6.54 Å². The van der Waals surface area contributed by atoms with Gasteiger partial charge in [0.15, 0.2) is 5.69 Å². The number of imidazole rings is 2. The highest BCUT2D eigenvalue weighted by atomic mass is 16.2. The average molecular weight is 361 g/mol. The van der Waals surface area contributed by atoms with Crippen LogP contribution >= 0.6 is 0 Å². The molecule has 0 aliphatic carbocycles. The Morgan fingerprint density at radius 3 is 2.67 bits per heavy atom. The van der Waals surface area contributed by atoms with E-state index in [1.165, 1.54) is 6.33 Å². The molecule has 9 nitrogen and oxygen atoms in total. The van der Waals surface area contributed by atoms with Crippen molar-refractivity contribution in [2.24, 2.45) is 0 Å². The van der Waals surface area contributed by atoms with E-state index in [1.54, 1.807) is 18.3 Å². The van der Waals surface area contributed by atoms with E-state index >= 15 is 0 Å². The molecule has 0 fully saturated rings. The SMILES string of the molecule is O=C(Nc1nc2ccccc2[nH]1)c1nc[nH]c1C(=O)NCc1ccccn1. The molecule has 4 N–H and O–H groups in total. The number of carbonyl (C=O) groups is 2. The fraction of sp³-hybridized carbons (Fsp3) is 0.0556. The lowest BCUT2D eigenvalue weighted by atomic mass is 10.2. The van der Waals surface area contributed by atoms with Crippen LogP contribution in [0.25, 0.3) is 11.0 Å². The van der Waals surface area contributed by atoms with Gasteiger partial charge in [-0.25, -0.2) is 9.97 Å². The Kier molecular flexibility index (Phi) is 4.32. The number of hydrogen-bond donors (Lipinski definition) is 4. The summed E-state index contributed by atoms with van der Waals surface area (Å²) in [5, 5.41) is 5.33. The first kappa shape index (κ1) is 16.5. The van der Waals surface area contributed by atoms with Crippen molar-refractivity contribution < 1.29 is 9.59 Å². The van der Waals surface area contributed by atoms with E-state index in [0.29, 0.717) is 5.69 Å². The molecule has 3 heterocycles. The van der Waals surface area contributed by atoms with E-state index in [1.807, 2.05) is 30.3 Å². The predicted molar refractivity (Wildman–Crippen MR) is 98.0 cm³/mol. The summed E-state index contributed by atoms with van der Waals surface area (Å²) in [4.78, 5) is 43.0. The second-order valence-electron chi connectivity index (χ2n) is 5.69. The predicted octanol–water partition coefficient (Wildman–Crippen LogP) is 1.86. The van der Waals surface area contributed by atoms with Gasteiger partial charge in [-0.2, -0.15) is 0 Å². The molecule has 0 aliphatic rings. The molecule has 4 aromatic rings. The zero-order valence-corrected chi connectivity index (χ0v) is 14.1. The molecular weight excluding hydrogens is 346 g/mol. The van der Waals surface area contributed by atoms with Crippen LogP contribution in [0.4, 0.5) is 5.95 Å². The third-order valence-corrected chi connectivity index (χ3v) is 3.86. The van der Waals surface area contributed by atoms with Crippen molar-refractivity contribution in [3.05, 3.63) is 72.1 Å². The average Bonchev–Trinajstić information content (AvgIpc) is 3.33. The summed E-state index contributed by atoms with van der Waals surface area (Å²) < 4.78 is 0. The third kappa shape index (κ3) is 3.52. The molecule has 3 aromatic heterocycles. The molecule has 2 amide bonds. The Morgan fingerprint density at radius 2 is 1.85 bits per heavy atom. The molecule has 27 heavy (non-hydrogen) atoms. The van der Waals surface area contributed by atoms with Crippen LogP contribution in [0.1, 0.15) is 26.7 Å². The lowest BCUT2D eigenvalue weighted by Gasteiger charge is -2.05. The van der Waals surface area contributed by atoms with Gasteiger partial charge in [0.1, 0.15) is 5.69 Å². The molecule has 0 saturated heterocycles. The van der Waals surface area contributed by atoms with Gasteiger partial charge in [0.2, 0.25) is 5.95 Å². The monoisotopic (exact) mass is 361 g/mol. The number of nitrogens with one attached hydrogen (secondary N) is 4. The number of aromatic amines is 2. The molecule has 0 atom stereocenters. The molecule has 0 spiro atoms. The molecule has 4 rings (SSSR count). The zero-order valence-electron chi connectivity index (χ0n) is 14.1. The topological polar surface area (TPSA) is 128 Å². The number of amides is 2. The lowest BCUT2D eigenvalue weighted by molar-refractivity contribution is 0.0932. The minimum Gasteiger partial charge on any atom is -0.345 e. The number of anilines is 1. The molecule has 9 heteroatoms. The van der Waals surface area contributed by atoms with Crippen molar-refractivity contribution in [2.45, 2.75) is 6.54 Å². The van der Waals surface area contributed by atoms with Gasteiger partial charge in [-0.1, -0.05) is 18.2 Å². The lowest BCUT2D eigenvalue weighted by Crippen LogP contribution is -2.27. The number of H-pyrrole nitrogens is 2. The summed E-state index contributed by atoms with van der Waals surface area (Å²) in [6, 6.07) is 12.8. The minimum atomic E-state index is -0.543. The summed E-state index contributed by atoms with van der Waals surface area (Å²) in [6.07, 6.45) is 2.94. The van der Waals surface area contributed by atoms with Crippen LogP contribution in [0.5, 0.6) is 0 Å². The third-order valence-electron chi connectivity index (χ3n) is 3.86. The van der Waals surface area contributed by atoms with Gasteiger partial charge in [-0.3, -0.25) is 19.9 Å². The Bertz CT molecular complexity index is 1070. The number of pyridine rings is 1. The van der Waals surface area contributed by atoms with Crippen molar-refractivity contribution in [1.82, 2.24) is 30.2 Å². The van der Waals surface area contributed by atoms with Crippen LogP contribution in [0.2, 0.25) is 0 Å². The molecule has 0 bridgehead atoms. The van der Waals surface area contributed by atoms with Crippen molar-refractivity contribution in [1.29, 1.82) is 0 Å². The molecule has 0 aliphatic heterocycles. The van der Waals surface area contributed by atoms with Crippen LogP contribution in [0, 0.1) is 0 Å². The van der Waals surface area contributed by atoms with Crippen LogP contribution < -0.4 is 10.6 Å². The maximum absolute atomic E-state index is 12.5. The van der Waals surface area contributed by atoms with Gasteiger partial charge in [-0.05, 0) is 24.3 Å². The smallest absolute Gasteiger partial charge is 0.279 e. The molecular formula is C18H15N7O2. The highest BCUT2D eigenvalue weighted by Gasteiger charge is 2.21. The molecule has 1 aromatic carbocycles. The summed E-state index contributed by atoms with van der Waals surface area (Å²) in [6.45, 7) is 0.239. The van der Waals surface area contributed by atoms with Gasteiger partial charge < -0.3 is 15.3 Å². The van der Waals surface area contributed by atoms with Gasteiger partial charge in [-0.15, -0.1) is 0 Å². The normalized spacial score (nSPS) is 10.7. The first-order valence-electron chi connectivity index (χ1n) is 8.18. The van der Waals surface area contributed by atoms with Gasteiger partial charge in [0.25, 0.3) is 11.8 Å². The second-order valence-corrected chi connectivity index (χ2v) is 5.69. The highest BCUT2D eigenvalue weighted by Crippen LogP contribution is 2.14. The largest absolute Gasteiger partial charge is 0.345 e. The number of aromatic nitrogens is 5. The Morgan fingerprint density at radius 1 is 1.00 bits per heavy atom. The number of para-hydroxylation sites is 2. The molecule has 0 radical (unpaired) electrons. The maximum atomic E-state index is 12.5. The van der Waals surface area contributed by atoms with Gasteiger partial charge in [0, 0.05) is 6.20 Å². The second kappa shape index (κ2) is 7.08. The number of hydrogen-bond acceptors (Lipinski definition) is 5. The highest BCUT2D eigenvalue weighted by molar-refractivity contribution is 6.09. The zero-order chi connectivity index (χ0) is 18.6. The quantitative estimate of drug-likeness (QED) is 0.431. The summed E-state index contributed by atoms with van der Waals surface area (Å²) in [5.74, 6) is -0.713. The van der Waals surface area contributed by atoms with Crippen LogP contribution in [0.3, 0.4) is 0 Å². The van der Waals surface area contributed by atoms with Crippen molar-refractivity contribution >= 4 is 28.8 Å². The molecule has 0 unspecified atom stereocenters. The summed E-state index contributed by atoms with van der Waals surface area (Å²) >= 11 is 0. The Balaban J connectivity index is 1.47. The van der Waals surface area contributed by atoms with Crippen LogP contribution in [0.15, 0.2) is 55.0 Å². The van der Waals surface area contributed by atoms with Gasteiger partial charge >= 0.3 is 0 Å². The van der Waals surface area contributed by atoms with Crippen molar-refractivity contribution in [2.75, 3.05) is 5.32 Å². The van der Waals surface area contributed by atoms with E-state index in [2.05, 4.69) is 35.6 Å². The fourth-order valence-corrected chi connectivity index (χ4v) is 2.58. The van der Waals surface area contributed by atoms with E-state index in [4.69, 9.17) is 0 Å². The first-order chi connectivity index (χ1) is 13.2. The number of nitrogens with zero attached hydrogens (tertiary/aromatic N) is 3. The van der Waals surface area contributed by atoms with E-state index in [9.17, 15) is 9.59 Å². The van der Waals surface area contributed by atoms with Crippen molar-refractivity contribution in [3.63, 3.8) is 0 Å². The van der Waals surface area contributed by atoms with E-state index < -0.39 is 11.8 Å². The number of rotatable bonds is 5. The van der Waals surface area contributed by atoms with E-state index in [-0.39, 0.29) is 23.9 Å². The van der Waals surface area contributed by atoms with E-state index in [0.717, 1.165) is 11.0 Å². The summed E-state index contributed by atoms with van der Waals surface area (Å²) in [5.41, 5.74) is 2.28. The van der Waals surface area contributed by atoms with Gasteiger partial charge in [0.05, 0.1) is 29.6 Å². The molecule has 0 saturated carbocycles. The summed E-state index contributed by atoms with van der Waals surface area (Å²) in [7, 11) is 0. The minimum absolute atomic E-state index is 0.0195. The Labute approximate surface area is 153 Å². The Hall–Kier alpha value is -4.01.